The topological polar surface area (TPSA) is 64.6 Å². The summed E-state index contributed by atoms with van der Waals surface area (Å²) in [6.07, 6.45) is 0. The van der Waals surface area contributed by atoms with E-state index < -0.39 is 11.7 Å². The third kappa shape index (κ3) is 3.85. The summed E-state index contributed by atoms with van der Waals surface area (Å²) in [5, 5.41) is 2.52. The Balaban J connectivity index is 2.11. The van der Waals surface area contributed by atoms with E-state index in [9.17, 15) is 14.0 Å². The smallest absolute Gasteiger partial charge is 0.259 e. The molecule has 0 aliphatic carbocycles. The Morgan fingerprint density at radius 2 is 1.57 bits per heavy atom. The molecule has 0 atom stereocenters. The number of ether oxygens (including phenoxy) is 2. The second-order valence-corrected chi connectivity index (χ2v) is 4.65. The van der Waals surface area contributed by atoms with E-state index in [1.165, 1.54) is 38.5 Å². The number of Topliss-reactive ketones (excluding diaryl/α,β-unsaturated/α-hetero) is 1. The molecule has 0 bridgehead atoms. The summed E-state index contributed by atoms with van der Waals surface area (Å²) in [6, 6.07) is 10.1. The fourth-order valence-corrected chi connectivity index (χ4v) is 2.06. The Bertz CT molecular complexity index is 691. The van der Waals surface area contributed by atoms with Gasteiger partial charge >= 0.3 is 0 Å². The molecular formula is C17H16FNO4. The highest BCUT2D eigenvalue weighted by Gasteiger charge is 2.19. The SMILES string of the molecule is COc1cccc(OC)c1C(=O)NCC(=O)c1ccc(F)cc1. The van der Waals surface area contributed by atoms with E-state index in [0.717, 1.165) is 0 Å². The molecule has 1 amide bonds. The summed E-state index contributed by atoms with van der Waals surface area (Å²) in [4.78, 5) is 24.3. The molecule has 0 aromatic heterocycles. The molecule has 120 valence electrons. The summed E-state index contributed by atoms with van der Waals surface area (Å²) in [5.41, 5.74) is 0.531. The first-order valence-electron chi connectivity index (χ1n) is 6.84. The van der Waals surface area contributed by atoms with Crippen molar-refractivity contribution in [3.05, 3.63) is 59.4 Å². The average molecular weight is 317 g/mol. The van der Waals surface area contributed by atoms with Gasteiger partial charge in [0.1, 0.15) is 22.9 Å². The van der Waals surface area contributed by atoms with Crippen LogP contribution < -0.4 is 14.8 Å². The van der Waals surface area contributed by atoms with Crippen LogP contribution >= 0.6 is 0 Å². The molecule has 2 aromatic carbocycles. The molecule has 6 heteroatoms. The number of nitrogens with one attached hydrogen (secondary N) is 1. The Morgan fingerprint density at radius 3 is 2.09 bits per heavy atom. The van der Waals surface area contributed by atoms with Gasteiger partial charge in [-0.15, -0.1) is 0 Å². The quantitative estimate of drug-likeness (QED) is 0.831. The maximum Gasteiger partial charge on any atom is 0.259 e. The molecule has 0 aliphatic heterocycles. The summed E-state index contributed by atoms with van der Waals surface area (Å²) >= 11 is 0. The second-order valence-electron chi connectivity index (χ2n) is 4.65. The summed E-state index contributed by atoms with van der Waals surface area (Å²) in [7, 11) is 2.88. The normalized spacial score (nSPS) is 10.0. The summed E-state index contributed by atoms with van der Waals surface area (Å²) in [6.45, 7) is -0.217. The molecule has 5 nitrogen and oxygen atoms in total. The number of rotatable bonds is 6. The van der Waals surface area contributed by atoms with Gasteiger partial charge in [0.05, 0.1) is 20.8 Å². The number of ketones is 1. The highest BCUT2D eigenvalue weighted by atomic mass is 19.1. The van der Waals surface area contributed by atoms with Crippen LogP contribution in [-0.2, 0) is 0 Å². The van der Waals surface area contributed by atoms with Crippen molar-refractivity contribution in [1.82, 2.24) is 5.32 Å². The first-order chi connectivity index (χ1) is 11.1. The van der Waals surface area contributed by atoms with Gasteiger partial charge in [0.15, 0.2) is 5.78 Å². The maximum absolute atomic E-state index is 12.8. The molecule has 0 aliphatic rings. The Labute approximate surface area is 133 Å². The number of benzene rings is 2. The van der Waals surface area contributed by atoms with Gasteiger partial charge < -0.3 is 14.8 Å². The van der Waals surface area contributed by atoms with Gasteiger partial charge in [-0.2, -0.15) is 0 Å². The van der Waals surface area contributed by atoms with Crippen molar-refractivity contribution in [2.45, 2.75) is 0 Å². The minimum absolute atomic E-state index is 0.212. The second kappa shape index (κ2) is 7.40. The third-order valence-electron chi connectivity index (χ3n) is 3.23. The fourth-order valence-electron chi connectivity index (χ4n) is 2.06. The molecule has 0 saturated heterocycles. The highest BCUT2D eigenvalue weighted by Crippen LogP contribution is 2.27. The van der Waals surface area contributed by atoms with E-state index in [0.29, 0.717) is 17.1 Å². The van der Waals surface area contributed by atoms with E-state index in [-0.39, 0.29) is 17.9 Å². The molecule has 0 saturated carbocycles. The number of carbonyl (C=O) groups excluding carboxylic acids is 2. The van der Waals surface area contributed by atoms with E-state index in [1.54, 1.807) is 18.2 Å². The predicted octanol–water partition coefficient (Wildman–Crippen LogP) is 2.46. The monoisotopic (exact) mass is 317 g/mol. The van der Waals surface area contributed by atoms with E-state index >= 15 is 0 Å². The zero-order valence-corrected chi connectivity index (χ0v) is 12.8. The van der Waals surface area contributed by atoms with Crippen molar-refractivity contribution in [2.24, 2.45) is 0 Å². The lowest BCUT2D eigenvalue weighted by atomic mass is 10.1. The molecule has 23 heavy (non-hydrogen) atoms. The van der Waals surface area contributed by atoms with Crippen LogP contribution in [0.5, 0.6) is 11.5 Å². The number of halogens is 1. The molecule has 0 radical (unpaired) electrons. The first-order valence-corrected chi connectivity index (χ1v) is 6.84. The van der Waals surface area contributed by atoms with Gasteiger partial charge in [-0.3, -0.25) is 9.59 Å². The molecular weight excluding hydrogens is 301 g/mol. The molecule has 0 spiro atoms. The lowest BCUT2D eigenvalue weighted by Gasteiger charge is -2.12. The van der Waals surface area contributed by atoms with Gasteiger partial charge in [0, 0.05) is 5.56 Å². The maximum atomic E-state index is 12.8. The molecule has 0 fully saturated rings. The fraction of sp³-hybridized carbons (Fsp3) is 0.176. The van der Waals surface area contributed by atoms with Gasteiger partial charge in [0.25, 0.3) is 5.91 Å². The third-order valence-corrected chi connectivity index (χ3v) is 3.23. The van der Waals surface area contributed by atoms with Crippen LogP contribution in [0.2, 0.25) is 0 Å². The summed E-state index contributed by atoms with van der Waals surface area (Å²) < 4.78 is 23.1. The van der Waals surface area contributed by atoms with Crippen LogP contribution in [0.15, 0.2) is 42.5 Å². The van der Waals surface area contributed by atoms with E-state index in [2.05, 4.69) is 5.32 Å². The van der Waals surface area contributed by atoms with Crippen molar-refractivity contribution in [1.29, 1.82) is 0 Å². The minimum Gasteiger partial charge on any atom is -0.496 e. The van der Waals surface area contributed by atoms with Crippen LogP contribution in [0.4, 0.5) is 4.39 Å². The van der Waals surface area contributed by atoms with Crippen molar-refractivity contribution >= 4 is 11.7 Å². The van der Waals surface area contributed by atoms with Gasteiger partial charge in [-0.05, 0) is 36.4 Å². The van der Waals surface area contributed by atoms with Crippen LogP contribution in [0.3, 0.4) is 0 Å². The number of hydrogen-bond acceptors (Lipinski definition) is 4. The van der Waals surface area contributed by atoms with Crippen LogP contribution in [0.25, 0.3) is 0 Å². The van der Waals surface area contributed by atoms with Gasteiger partial charge in [-0.1, -0.05) is 6.07 Å². The van der Waals surface area contributed by atoms with Crippen molar-refractivity contribution in [2.75, 3.05) is 20.8 Å². The van der Waals surface area contributed by atoms with Crippen LogP contribution in [0, 0.1) is 5.82 Å². The molecule has 1 N–H and O–H groups in total. The number of methoxy groups -OCH3 is 2. The number of carbonyl (C=O) groups is 2. The van der Waals surface area contributed by atoms with Crippen molar-refractivity contribution < 1.29 is 23.5 Å². The zero-order valence-electron chi connectivity index (χ0n) is 12.8. The number of hydrogen-bond donors (Lipinski definition) is 1. The minimum atomic E-state index is -0.491. The Kier molecular flexibility index (Phi) is 5.30. The Hall–Kier alpha value is -2.89. The van der Waals surface area contributed by atoms with E-state index in [1.807, 2.05) is 0 Å². The lowest BCUT2D eigenvalue weighted by molar-refractivity contribution is 0.0899. The Morgan fingerprint density at radius 1 is 1.00 bits per heavy atom. The standard InChI is InChI=1S/C17H16FNO4/c1-22-14-4-3-5-15(23-2)16(14)17(21)19-10-13(20)11-6-8-12(18)9-7-11/h3-9H,10H2,1-2H3,(H,19,21). The molecule has 0 heterocycles. The van der Waals surface area contributed by atoms with Crippen LogP contribution in [0.1, 0.15) is 20.7 Å². The predicted molar refractivity (Wildman–Crippen MR) is 82.6 cm³/mol. The highest BCUT2D eigenvalue weighted by molar-refractivity contribution is 6.04. The average Bonchev–Trinajstić information content (AvgIpc) is 2.59. The van der Waals surface area contributed by atoms with E-state index in [4.69, 9.17) is 9.47 Å². The molecule has 2 rings (SSSR count). The number of amides is 1. The largest absolute Gasteiger partial charge is 0.496 e. The molecule has 0 unspecified atom stereocenters. The summed E-state index contributed by atoms with van der Waals surface area (Å²) in [5.74, 6) is -0.557. The van der Waals surface area contributed by atoms with Crippen LogP contribution in [-0.4, -0.2) is 32.5 Å². The van der Waals surface area contributed by atoms with Crippen molar-refractivity contribution in [3.8, 4) is 11.5 Å². The first kappa shape index (κ1) is 16.5. The van der Waals surface area contributed by atoms with Gasteiger partial charge in [-0.25, -0.2) is 4.39 Å². The van der Waals surface area contributed by atoms with Crippen molar-refractivity contribution in [3.63, 3.8) is 0 Å². The lowest BCUT2D eigenvalue weighted by Crippen LogP contribution is -2.30. The molecule has 2 aromatic rings. The zero-order chi connectivity index (χ0) is 16.8. The van der Waals surface area contributed by atoms with Gasteiger partial charge in [0.2, 0.25) is 0 Å².